The highest BCUT2D eigenvalue weighted by atomic mass is 16.5. The summed E-state index contributed by atoms with van der Waals surface area (Å²) in [5, 5.41) is 13.1. The van der Waals surface area contributed by atoms with E-state index in [9.17, 15) is 10.1 Å². The van der Waals surface area contributed by atoms with Crippen LogP contribution < -0.4 is 10.1 Å². The number of hydrogen-bond acceptors (Lipinski definition) is 6. The molecule has 3 heterocycles. The van der Waals surface area contributed by atoms with Gasteiger partial charge in [-0.15, -0.1) is 0 Å². The lowest BCUT2D eigenvalue weighted by atomic mass is 10.1. The first-order valence-corrected chi connectivity index (χ1v) is 12.3. The minimum Gasteiger partial charge on any atom is -0.462 e. The number of carbonyl (C=O) groups excluding carboxylic acids is 1. The molecule has 0 spiro atoms. The second kappa shape index (κ2) is 11.0. The molecule has 5 rings (SSSR count). The van der Waals surface area contributed by atoms with Gasteiger partial charge in [0.15, 0.2) is 0 Å². The summed E-state index contributed by atoms with van der Waals surface area (Å²) < 4.78 is 5.76. The summed E-state index contributed by atoms with van der Waals surface area (Å²) >= 11 is 0. The average molecular weight is 481 g/mol. The zero-order valence-electron chi connectivity index (χ0n) is 20.0. The molecular formula is C28H28N6O2. The Balaban J connectivity index is 1.14. The fourth-order valence-electron chi connectivity index (χ4n) is 4.47. The van der Waals surface area contributed by atoms with E-state index in [4.69, 9.17) is 4.74 Å². The molecule has 8 nitrogen and oxygen atoms in total. The third-order valence-corrected chi connectivity index (χ3v) is 6.48. The molecule has 0 saturated carbocycles. The number of fused-ring (bicyclic) bond motifs is 1. The molecule has 2 aromatic heterocycles. The van der Waals surface area contributed by atoms with Crippen molar-refractivity contribution in [3.05, 3.63) is 77.6 Å². The molecule has 1 saturated heterocycles. The number of nitrogens with zero attached hydrogens (tertiary/aromatic N) is 4. The summed E-state index contributed by atoms with van der Waals surface area (Å²) in [6, 6.07) is 17.7. The number of benzene rings is 2. The number of carbonyl (C=O) groups is 1. The Morgan fingerprint density at radius 1 is 1.14 bits per heavy atom. The minimum absolute atomic E-state index is 0.129. The van der Waals surface area contributed by atoms with Crippen molar-refractivity contribution in [1.29, 1.82) is 5.26 Å². The fraction of sp³-hybridized carbons (Fsp3) is 0.286. The van der Waals surface area contributed by atoms with Crippen molar-refractivity contribution in [2.45, 2.75) is 19.3 Å². The van der Waals surface area contributed by atoms with Crippen molar-refractivity contribution in [3.63, 3.8) is 0 Å². The van der Waals surface area contributed by atoms with Gasteiger partial charge in [0.25, 0.3) is 5.91 Å². The van der Waals surface area contributed by atoms with E-state index in [2.05, 4.69) is 31.2 Å². The van der Waals surface area contributed by atoms with Crippen LogP contribution in [0.3, 0.4) is 0 Å². The molecule has 8 heteroatoms. The molecule has 0 unspecified atom stereocenters. The summed E-state index contributed by atoms with van der Waals surface area (Å²) in [6.07, 6.45) is 6.60. The van der Waals surface area contributed by atoms with E-state index < -0.39 is 0 Å². The summed E-state index contributed by atoms with van der Waals surface area (Å²) in [5.74, 6) is -0.129. The second-order valence-electron chi connectivity index (χ2n) is 8.90. The zero-order valence-corrected chi connectivity index (χ0v) is 20.0. The van der Waals surface area contributed by atoms with Crippen molar-refractivity contribution in [2.75, 3.05) is 32.8 Å². The number of likely N-dealkylation sites (tertiary alicyclic amines) is 1. The van der Waals surface area contributed by atoms with Crippen LogP contribution in [-0.4, -0.2) is 58.5 Å². The fourth-order valence-corrected chi connectivity index (χ4v) is 4.47. The topological polar surface area (TPSA) is 107 Å². The van der Waals surface area contributed by atoms with Crippen LogP contribution in [0.15, 0.2) is 60.9 Å². The molecule has 0 aliphatic carbocycles. The Hall–Kier alpha value is -4.22. The van der Waals surface area contributed by atoms with Crippen LogP contribution in [0.2, 0.25) is 0 Å². The van der Waals surface area contributed by atoms with Crippen LogP contribution in [0.1, 0.15) is 34.3 Å². The number of H-pyrrole nitrogens is 1. The summed E-state index contributed by atoms with van der Waals surface area (Å²) in [5.41, 5.74) is 4.86. The Morgan fingerprint density at radius 3 is 2.78 bits per heavy atom. The lowest BCUT2D eigenvalue weighted by Crippen LogP contribution is -2.25. The summed E-state index contributed by atoms with van der Waals surface area (Å²) in [4.78, 5) is 26.8. The van der Waals surface area contributed by atoms with Gasteiger partial charge in [-0.25, -0.2) is 4.98 Å². The molecule has 2 aromatic carbocycles. The number of ether oxygens (including phenoxy) is 1. The Morgan fingerprint density at radius 2 is 1.97 bits per heavy atom. The first-order valence-electron chi connectivity index (χ1n) is 12.3. The monoisotopic (exact) mass is 480 g/mol. The van der Waals surface area contributed by atoms with Gasteiger partial charge in [0.05, 0.1) is 11.3 Å². The Bertz CT molecular complexity index is 1380. The van der Waals surface area contributed by atoms with E-state index in [0.717, 1.165) is 47.4 Å². The van der Waals surface area contributed by atoms with Crippen LogP contribution in [0.5, 0.6) is 6.01 Å². The van der Waals surface area contributed by atoms with Crippen LogP contribution in [0.25, 0.3) is 22.2 Å². The van der Waals surface area contributed by atoms with Crippen LogP contribution in [0, 0.1) is 11.3 Å². The highest BCUT2D eigenvalue weighted by molar-refractivity contribution is 5.94. The summed E-state index contributed by atoms with van der Waals surface area (Å²) in [7, 11) is 0. The minimum atomic E-state index is -0.129. The quantitative estimate of drug-likeness (QED) is 0.376. The predicted molar refractivity (Wildman–Crippen MR) is 138 cm³/mol. The van der Waals surface area contributed by atoms with Gasteiger partial charge in [0, 0.05) is 47.5 Å². The van der Waals surface area contributed by atoms with E-state index in [1.54, 1.807) is 24.5 Å². The van der Waals surface area contributed by atoms with Crippen molar-refractivity contribution in [3.8, 4) is 23.3 Å². The molecule has 36 heavy (non-hydrogen) atoms. The molecule has 0 radical (unpaired) electrons. The second-order valence-corrected chi connectivity index (χ2v) is 8.90. The van der Waals surface area contributed by atoms with Gasteiger partial charge in [-0.05, 0) is 68.2 Å². The van der Waals surface area contributed by atoms with Crippen LogP contribution in [0.4, 0.5) is 0 Å². The SMILES string of the molecule is N#Cc1c[nH]c2ccc(CCNC(=O)c3ccc(-c4ccnc(OCCN5CCCC5)n4)cc3)cc12. The van der Waals surface area contributed by atoms with Crippen LogP contribution >= 0.6 is 0 Å². The van der Waals surface area contributed by atoms with Gasteiger partial charge in [0.1, 0.15) is 12.7 Å². The van der Waals surface area contributed by atoms with Crippen molar-refractivity contribution in [2.24, 2.45) is 0 Å². The zero-order chi connectivity index (χ0) is 24.7. The molecular weight excluding hydrogens is 452 g/mol. The molecule has 0 bridgehead atoms. The maximum absolute atomic E-state index is 12.6. The van der Waals surface area contributed by atoms with Gasteiger partial charge in [-0.2, -0.15) is 10.2 Å². The lowest BCUT2D eigenvalue weighted by Gasteiger charge is -2.14. The highest BCUT2D eigenvalue weighted by Gasteiger charge is 2.12. The maximum Gasteiger partial charge on any atom is 0.316 e. The highest BCUT2D eigenvalue weighted by Crippen LogP contribution is 2.20. The number of amides is 1. The van der Waals surface area contributed by atoms with E-state index in [1.807, 2.05) is 36.4 Å². The first-order chi connectivity index (χ1) is 17.7. The third-order valence-electron chi connectivity index (χ3n) is 6.48. The molecule has 1 fully saturated rings. The molecule has 4 aromatic rings. The first kappa shape index (κ1) is 23.5. The number of nitrogens with one attached hydrogen (secondary N) is 2. The van der Waals surface area contributed by atoms with Crippen molar-refractivity contribution >= 4 is 16.8 Å². The predicted octanol–water partition coefficient (Wildman–Crippen LogP) is 3.94. The van der Waals surface area contributed by atoms with Gasteiger partial charge in [0.2, 0.25) is 0 Å². The van der Waals surface area contributed by atoms with E-state index in [0.29, 0.717) is 36.7 Å². The van der Waals surface area contributed by atoms with E-state index >= 15 is 0 Å². The number of nitriles is 1. The number of hydrogen-bond donors (Lipinski definition) is 2. The van der Waals surface area contributed by atoms with Gasteiger partial charge in [-0.1, -0.05) is 18.2 Å². The van der Waals surface area contributed by atoms with Gasteiger partial charge >= 0.3 is 6.01 Å². The summed E-state index contributed by atoms with van der Waals surface area (Å²) in [6.45, 7) is 4.23. The smallest absolute Gasteiger partial charge is 0.316 e. The molecule has 182 valence electrons. The Kier molecular flexibility index (Phi) is 7.20. The van der Waals surface area contributed by atoms with Crippen molar-refractivity contribution in [1.82, 2.24) is 25.2 Å². The molecule has 2 N–H and O–H groups in total. The van der Waals surface area contributed by atoms with Crippen molar-refractivity contribution < 1.29 is 9.53 Å². The normalized spacial score (nSPS) is 13.5. The number of aromatic nitrogens is 3. The molecule has 0 atom stereocenters. The molecule has 1 aliphatic heterocycles. The average Bonchev–Trinajstić information content (AvgIpc) is 3.58. The van der Waals surface area contributed by atoms with Crippen LogP contribution in [-0.2, 0) is 6.42 Å². The van der Waals surface area contributed by atoms with Gasteiger partial charge in [-0.3, -0.25) is 9.69 Å². The standard InChI is InChI=1S/C28H28N6O2/c29-18-23-19-32-26-8-3-20(17-24(23)26)9-11-30-27(35)22-6-4-21(5-7-22)25-10-12-31-28(33-25)36-16-15-34-13-1-2-14-34/h3-8,10,12,17,19,32H,1-2,9,11,13-16H2,(H,30,35). The lowest BCUT2D eigenvalue weighted by molar-refractivity contribution is 0.0954. The largest absolute Gasteiger partial charge is 0.462 e. The number of aromatic amines is 1. The van der Waals surface area contributed by atoms with E-state index in [-0.39, 0.29) is 5.91 Å². The molecule has 1 aliphatic rings. The Labute approximate surface area is 209 Å². The third kappa shape index (κ3) is 5.53. The maximum atomic E-state index is 12.6. The van der Waals surface area contributed by atoms with E-state index in [1.165, 1.54) is 12.8 Å². The number of rotatable bonds is 9. The molecule has 1 amide bonds. The van der Waals surface area contributed by atoms with Gasteiger partial charge < -0.3 is 15.0 Å².